The van der Waals surface area contributed by atoms with Gasteiger partial charge in [-0.2, -0.15) is 0 Å². The lowest BCUT2D eigenvalue weighted by Crippen LogP contribution is -2.46. The molecule has 0 aromatic heterocycles. The highest BCUT2D eigenvalue weighted by Gasteiger charge is 2.49. The number of ether oxygens (including phenoxy) is 3. The van der Waals surface area contributed by atoms with Gasteiger partial charge < -0.3 is 24.4 Å². The second-order valence-electron chi connectivity index (χ2n) is 6.03. The second-order valence-corrected chi connectivity index (χ2v) is 6.03. The van der Waals surface area contributed by atoms with E-state index in [2.05, 4.69) is 9.91 Å². The summed E-state index contributed by atoms with van der Waals surface area (Å²) in [4.78, 5) is 35.3. The van der Waals surface area contributed by atoms with Crippen molar-refractivity contribution in [3.63, 3.8) is 0 Å². The first-order valence-corrected chi connectivity index (χ1v) is 8.45. The Morgan fingerprint density at radius 3 is 2.57 bits per heavy atom. The molecule has 0 unspecified atom stereocenters. The highest BCUT2D eigenvalue weighted by Crippen LogP contribution is 2.38. The van der Waals surface area contributed by atoms with Crippen molar-refractivity contribution < 1.29 is 34.0 Å². The molecule has 0 aliphatic carbocycles. The van der Waals surface area contributed by atoms with E-state index in [0.717, 1.165) is 18.9 Å². The average molecular weight is 391 g/mol. The number of allylic oxidation sites excluding steroid dienone is 1. The summed E-state index contributed by atoms with van der Waals surface area (Å²) in [6, 6.07) is 6.40. The van der Waals surface area contributed by atoms with Gasteiger partial charge in [-0.3, -0.25) is 4.79 Å². The van der Waals surface area contributed by atoms with E-state index < -0.39 is 30.2 Å². The number of hydrogen-bond donors (Lipinski definition) is 2. The molecule has 28 heavy (non-hydrogen) atoms. The molecule has 1 aliphatic heterocycles. The summed E-state index contributed by atoms with van der Waals surface area (Å²) in [6.45, 7) is 1.53. The molecule has 2 atom stereocenters. The second kappa shape index (κ2) is 9.14. The van der Waals surface area contributed by atoms with Gasteiger partial charge in [0.1, 0.15) is 23.2 Å². The first-order chi connectivity index (χ1) is 13.3. The molecule has 0 bridgehead atoms. The van der Waals surface area contributed by atoms with Crippen LogP contribution in [0.3, 0.4) is 0 Å². The number of nitrogens with zero attached hydrogens (tertiary/aromatic N) is 1. The Morgan fingerprint density at radius 1 is 1.32 bits per heavy atom. The Bertz CT molecular complexity index is 799. The zero-order valence-electron chi connectivity index (χ0n) is 15.5. The molecule has 0 spiro atoms. The quantitative estimate of drug-likeness (QED) is 0.408. The number of phenolic OH excluding ortho intramolecular Hbond substituents is 1. The van der Waals surface area contributed by atoms with E-state index in [0.29, 0.717) is 6.42 Å². The van der Waals surface area contributed by atoms with Gasteiger partial charge in [-0.1, -0.05) is 18.2 Å². The van der Waals surface area contributed by atoms with E-state index >= 15 is 0 Å². The average Bonchev–Trinajstić information content (AvgIpc) is 2.68. The third-order valence-corrected chi connectivity index (χ3v) is 4.31. The van der Waals surface area contributed by atoms with Crippen molar-refractivity contribution in [1.29, 1.82) is 0 Å². The SMILES string of the molecule is C/C=C1/[C@H](N=O)OC=C(C(=O)OC)[C@@]1(O)CC(=O)OCCc1ccc(O)cc1. The summed E-state index contributed by atoms with van der Waals surface area (Å²) in [6.07, 6.45) is 0.606. The zero-order valence-corrected chi connectivity index (χ0v) is 15.5. The third-order valence-electron chi connectivity index (χ3n) is 4.31. The minimum Gasteiger partial charge on any atom is -0.508 e. The van der Waals surface area contributed by atoms with Crippen LogP contribution in [0.2, 0.25) is 0 Å². The van der Waals surface area contributed by atoms with Gasteiger partial charge in [0.15, 0.2) is 0 Å². The Kier molecular flexibility index (Phi) is 6.89. The van der Waals surface area contributed by atoms with Crippen LogP contribution in [0, 0.1) is 4.91 Å². The first kappa shape index (κ1) is 21.1. The molecule has 9 nitrogen and oxygen atoms in total. The molecule has 0 amide bonds. The fourth-order valence-corrected chi connectivity index (χ4v) is 2.86. The van der Waals surface area contributed by atoms with E-state index in [-0.39, 0.29) is 23.5 Å². The number of carbonyl (C=O) groups excluding carboxylic acids is 2. The van der Waals surface area contributed by atoms with Crippen LogP contribution in [0.1, 0.15) is 18.9 Å². The van der Waals surface area contributed by atoms with Crippen LogP contribution >= 0.6 is 0 Å². The van der Waals surface area contributed by atoms with Crippen molar-refractivity contribution in [2.24, 2.45) is 5.18 Å². The van der Waals surface area contributed by atoms with E-state index in [1.54, 1.807) is 12.1 Å². The maximum Gasteiger partial charge on any atom is 0.340 e. The van der Waals surface area contributed by atoms with E-state index in [9.17, 15) is 24.7 Å². The topological polar surface area (TPSA) is 132 Å². The van der Waals surface area contributed by atoms with Gasteiger partial charge in [-0.15, -0.1) is 4.91 Å². The van der Waals surface area contributed by atoms with Gasteiger partial charge in [0, 0.05) is 12.0 Å². The predicted molar refractivity (Wildman–Crippen MR) is 96.9 cm³/mol. The fraction of sp³-hybridized carbons (Fsp3) is 0.368. The largest absolute Gasteiger partial charge is 0.508 e. The molecule has 0 saturated heterocycles. The number of rotatable bonds is 7. The number of carbonyl (C=O) groups is 2. The summed E-state index contributed by atoms with van der Waals surface area (Å²) < 4.78 is 14.8. The van der Waals surface area contributed by atoms with Crippen LogP contribution in [0.25, 0.3) is 0 Å². The highest BCUT2D eigenvalue weighted by atomic mass is 16.5. The molecule has 1 aliphatic rings. The number of aliphatic hydroxyl groups is 1. The summed E-state index contributed by atoms with van der Waals surface area (Å²) in [7, 11) is 1.11. The Labute approximate surface area is 161 Å². The number of esters is 2. The zero-order chi connectivity index (χ0) is 20.7. The predicted octanol–water partition coefficient (Wildman–Crippen LogP) is 1.72. The smallest absolute Gasteiger partial charge is 0.340 e. The van der Waals surface area contributed by atoms with Gasteiger partial charge in [-0.25, -0.2) is 4.79 Å². The summed E-state index contributed by atoms with van der Waals surface area (Å²) in [5.41, 5.74) is -1.70. The molecule has 0 saturated carbocycles. The molecule has 9 heteroatoms. The van der Waals surface area contributed by atoms with Crippen molar-refractivity contribution in [2.75, 3.05) is 13.7 Å². The van der Waals surface area contributed by atoms with Crippen LogP contribution in [0.5, 0.6) is 5.75 Å². The van der Waals surface area contributed by atoms with Crippen LogP contribution in [-0.2, 0) is 30.2 Å². The molecule has 1 heterocycles. The van der Waals surface area contributed by atoms with Crippen LogP contribution in [0.4, 0.5) is 0 Å². The molecule has 1 aromatic rings. The van der Waals surface area contributed by atoms with Crippen molar-refractivity contribution in [3.05, 3.63) is 58.2 Å². The van der Waals surface area contributed by atoms with Gasteiger partial charge in [0.2, 0.25) is 0 Å². The minimum absolute atomic E-state index is 0.0218. The maximum absolute atomic E-state index is 12.3. The van der Waals surface area contributed by atoms with Gasteiger partial charge in [0.05, 0.1) is 20.1 Å². The summed E-state index contributed by atoms with van der Waals surface area (Å²) in [5, 5.41) is 23.1. The molecule has 0 radical (unpaired) electrons. The van der Waals surface area contributed by atoms with Crippen molar-refractivity contribution in [1.82, 2.24) is 0 Å². The standard InChI is InChI=1S/C19H21NO8/c1-3-14-17(20-25)28-11-15(18(23)26-2)19(14,24)10-16(22)27-9-8-12-4-6-13(21)7-5-12/h3-7,11,17,21,24H,8-10H2,1-2H3/b14-3-/t17-,19-/m1/s1. The number of aromatic hydroxyl groups is 1. The Hall–Kier alpha value is -3.20. The number of phenols is 1. The van der Waals surface area contributed by atoms with Crippen molar-refractivity contribution >= 4 is 11.9 Å². The summed E-state index contributed by atoms with van der Waals surface area (Å²) >= 11 is 0. The molecular formula is C19H21NO8. The lowest BCUT2D eigenvalue weighted by Gasteiger charge is -2.35. The monoisotopic (exact) mass is 391 g/mol. The molecular weight excluding hydrogens is 370 g/mol. The van der Waals surface area contributed by atoms with Crippen LogP contribution in [-0.4, -0.2) is 47.7 Å². The van der Waals surface area contributed by atoms with Crippen molar-refractivity contribution in [3.8, 4) is 5.75 Å². The molecule has 0 fully saturated rings. The molecule has 150 valence electrons. The van der Waals surface area contributed by atoms with E-state index in [1.807, 2.05) is 0 Å². The van der Waals surface area contributed by atoms with E-state index in [1.165, 1.54) is 25.1 Å². The number of hydrogen-bond acceptors (Lipinski definition) is 9. The number of nitroso groups, excluding NO2 is 1. The molecule has 1 aromatic carbocycles. The molecule has 2 rings (SSSR count). The van der Waals surface area contributed by atoms with Crippen molar-refractivity contribution in [2.45, 2.75) is 31.6 Å². The Balaban J connectivity index is 2.11. The van der Waals surface area contributed by atoms with Crippen LogP contribution < -0.4 is 0 Å². The van der Waals surface area contributed by atoms with Gasteiger partial charge in [0.25, 0.3) is 6.23 Å². The lowest BCUT2D eigenvalue weighted by atomic mass is 9.80. The fourth-order valence-electron chi connectivity index (χ4n) is 2.86. The minimum atomic E-state index is -2.14. The van der Waals surface area contributed by atoms with Gasteiger partial charge >= 0.3 is 11.9 Å². The van der Waals surface area contributed by atoms with E-state index in [4.69, 9.17) is 9.47 Å². The Morgan fingerprint density at radius 2 is 2.00 bits per heavy atom. The third kappa shape index (κ3) is 4.55. The normalized spacial score (nSPS) is 22.8. The van der Waals surface area contributed by atoms with Gasteiger partial charge in [-0.05, 0) is 29.8 Å². The molecule has 2 N–H and O–H groups in total. The summed E-state index contributed by atoms with van der Waals surface area (Å²) in [5.74, 6) is -1.58. The first-order valence-electron chi connectivity index (χ1n) is 8.45. The number of benzene rings is 1. The lowest BCUT2D eigenvalue weighted by molar-refractivity contribution is -0.149. The number of methoxy groups -OCH3 is 1. The highest BCUT2D eigenvalue weighted by molar-refractivity contribution is 5.93. The van der Waals surface area contributed by atoms with Crippen LogP contribution in [0.15, 0.2) is 52.9 Å². The maximum atomic E-state index is 12.3.